The summed E-state index contributed by atoms with van der Waals surface area (Å²) >= 11 is 2.88. The molecule has 0 radical (unpaired) electrons. The molecule has 0 spiro atoms. The summed E-state index contributed by atoms with van der Waals surface area (Å²) in [6, 6.07) is 3.69. The van der Waals surface area contributed by atoms with Crippen molar-refractivity contribution in [2.75, 3.05) is 12.4 Å². The number of rotatable bonds is 2. The van der Waals surface area contributed by atoms with Gasteiger partial charge in [-0.3, -0.25) is 0 Å². The third-order valence-electron chi connectivity index (χ3n) is 1.66. The van der Waals surface area contributed by atoms with Crippen molar-refractivity contribution >= 4 is 43.0 Å². The summed E-state index contributed by atoms with van der Waals surface area (Å²) in [6.45, 7) is 0. The molecule has 2 aromatic heterocycles. The van der Waals surface area contributed by atoms with Gasteiger partial charge in [0.2, 0.25) is 0 Å². The Balaban J connectivity index is 2.54. The quantitative estimate of drug-likeness (QED) is 0.806. The molecule has 0 aromatic carbocycles. The maximum atomic E-state index is 10.6. The molecule has 5 heteroatoms. The van der Waals surface area contributed by atoms with Crippen LogP contribution in [-0.2, 0) is 0 Å². The van der Waals surface area contributed by atoms with Crippen LogP contribution in [0.5, 0.6) is 0 Å². The van der Waals surface area contributed by atoms with E-state index in [-0.39, 0.29) is 0 Å². The van der Waals surface area contributed by atoms with Crippen molar-refractivity contribution in [3.05, 3.63) is 17.0 Å². The van der Waals surface area contributed by atoms with Crippen molar-refractivity contribution in [2.24, 2.45) is 0 Å². The summed E-state index contributed by atoms with van der Waals surface area (Å²) in [5, 5.41) is 12.8. The van der Waals surface area contributed by atoms with Gasteiger partial charge in [-0.1, -0.05) is 0 Å². The molecular weight excluding hydrogens is 206 g/mol. The van der Waals surface area contributed by atoms with Crippen molar-refractivity contribution in [1.82, 2.24) is 0 Å². The van der Waals surface area contributed by atoms with E-state index in [1.807, 2.05) is 13.1 Å². The number of hydrogen-bond acceptors (Lipinski definition) is 4. The Bertz CT molecular complexity index is 426. The lowest BCUT2D eigenvalue weighted by molar-refractivity contribution is 0.0702. The Morgan fingerprint density at radius 2 is 2.08 bits per heavy atom. The predicted molar refractivity (Wildman–Crippen MR) is 56.2 cm³/mol. The zero-order valence-corrected chi connectivity index (χ0v) is 8.46. The third kappa shape index (κ3) is 1.40. The van der Waals surface area contributed by atoms with Crippen LogP contribution in [0.1, 0.15) is 9.67 Å². The molecule has 0 bridgehead atoms. The second-order valence-electron chi connectivity index (χ2n) is 2.50. The number of thiophene rings is 2. The lowest BCUT2D eigenvalue weighted by Crippen LogP contribution is -1.89. The summed E-state index contributed by atoms with van der Waals surface area (Å²) in [5.74, 6) is -0.848. The third-order valence-corrected chi connectivity index (χ3v) is 3.96. The van der Waals surface area contributed by atoms with Crippen LogP contribution >= 0.6 is 22.7 Å². The van der Waals surface area contributed by atoms with Gasteiger partial charge in [0, 0.05) is 16.4 Å². The molecule has 0 atom stereocenters. The highest BCUT2D eigenvalue weighted by molar-refractivity contribution is 7.30. The van der Waals surface area contributed by atoms with Crippen LogP contribution in [0.2, 0.25) is 0 Å². The molecule has 0 saturated carbocycles. The van der Waals surface area contributed by atoms with Crippen LogP contribution in [0.25, 0.3) is 9.40 Å². The summed E-state index contributed by atoms with van der Waals surface area (Å²) in [6.07, 6.45) is 0. The number of carbonyl (C=O) groups is 1. The lowest BCUT2D eigenvalue weighted by atomic mass is 10.4. The van der Waals surface area contributed by atoms with E-state index in [9.17, 15) is 4.79 Å². The smallest absolute Gasteiger partial charge is 0.345 e. The number of anilines is 1. The number of nitrogens with one attached hydrogen (secondary N) is 1. The van der Waals surface area contributed by atoms with Crippen LogP contribution in [0, 0.1) is 0 Å². The van der Waals surface area contributed by atoms with Gasteiger partial charge in [-0.15, -0.1) is 22.7 Å². The van der Waals surface area contributed by atoms with E-state index in [2.05, 4.69) is 5.32 Å². The van der Waals surface area contributed by atoms with Gasteiger partial charge >= 0.3 is 5.97 Å². The van der Waals surface area contributed by atoms with Crippen LogP contribution in [0.3, 0.4) is 0 Å². The molecule has 0 aliphatic carbocycles. The summed E-state index contributed by atoms with van der Waals surface area (Å²) in [4.78, 5) is 11.0. The maximum absolute atomic E-state index is 10.6. The van der Waals surface area contributed by atoms with Crippen molar-refractivity contribution in [3.63, 3.8) is 0 Å². The van der Waals surface area contributed by atoms with Gasteiger partial charge in [-0.2, -0.15) is 0 Å². The Morgan fingerprint density at radius 1 is 1.38 bits per heavy atom. The van der Waals surface area contributed by atoms with Gasteiger partial charge in [0.25, 0.3) is 0 Å². The second kappa shape index (κ2) is 3.01. The molecule has 2 heterocycles. The molecule has 13 heavy (non-hydrogen) atoms. The van der Waals surface area contributed by atoms with E-state index >= 15 is 0 Å². The monoisotopic (exact) mass is 213 g/mol. The van der Waals surface area contributed by atoms with Gasteiger partial charge < -0.3 is 10.4 Å². The van der Waals surface area contributed by atoms with Crippen molar-refractivity contribution < 1.29 is 9.90 Å². The van der Waals surface area contributed by atoms with Crippen molar-refractivity contribution in [1.29, 1.82) is 0 Å². The van der Waals surface area contributed by atoms with E-state index in [1.54, 1.807) is 17.4 Å². The fourth-order valence-electron chi connectivity index (χ4n) is 1.06. The minimum absolute atomic E-state index is 0.406. The average Bonchev–Trinajstić information content (AvgIpc) is 2.58. The highest BCUT2D eigenvalue weighted by Gasteiger charge is 2.10. The van der Waals surface area contributed by atoms with E-state index in [4.69, 9.17) is 5.11 Å². The minimum atomic E-state index is -0.848. The molecule has 0 aliphatic heterocycles. The normalized spacial score (nSPS) is 10.5. The lowest BCUT2D eigenvalue weighted by Gasteiger charge is -1.88. The zero-order chi connectivity index (χ0) is 9.42. The fourth-order valence-corrected chi connectivity index (χ4v) is 3.15. The summed E-state index contributed by atoms with van der Waals surface area (Å²) < 4.78 is 2.07. The van der Waals surface area contributed by atoms with Crippen molar-refractivity contribution in [3.8, 4) is 0 Å². The molecule has 0 saturated heterocycles. The van der Waals surface area contributed by atoms with E-state index in [1.165, 1.54) is 11.3 Å². The maximum Gasteiger partial charge on any atom is 0.345 e. The first kappa shape index (κ1) is 8.52. The van der Waals surface area contributed by atoms with Crippen LogP contribution in [0.4, 0.5) is 5.00 Å². The second-order valence-corrected chi connectivity index (χ2v) is 4.67. The molecule has 0 amide bonds. The first-order valence-corrected chi connectivity index (χ1v) is 5.28. The molecule has 3 nitrogen and oxygen atoms in total. The topological polar surface area (TPSA) is 49.3 Å². The van der Waals surface area contributed by atoms with Gasteiger partial charge in [-0.05, 0) is 12.1 Å². The number of hydrogen-bond donors (Lipinski definition) is 2. The number of carboxylic acids is 1. The largest absolute Gasteiger partial charge is 0.477 e. The number of aromatic carboxylic acids is 1. The van der Waals surface area contributed by atoms with Crippen LogP contribution in [0.15, 0.2) is 12.1 Å². The Labute approximate surface area is 82.6 Å². The van der Waals surface area contributed by atoms with Gasteiger partial charge in [0.15, 0.2) is 0 Å². The van der Waals surface area contributed by atoms with Gasteiger partial charge in [-0.25, -0.2) is 4.79 Å². The van der Waals surface area contributed by atoms with Crippen molar-refractivity contribution in [2.45, 2.75) is 0 Å². The first-order chi connectivity index (χ1) is 6.20. The van der Waals surface area contributed by atoms with Crippen LogP contribution in [-0.4, -0.2) is 18.1 Å². The molecule has 2 N–H and O–H groups in total. The molecule has 0 unspecified atom stereocenters. The Hall–Kier alpha value is -1.07. The van der Waals surface area contributed by atoms with E-state index < -0.39 is 5.97 Å². The minimum Gasteiger partial charge on any atom is -0.477 e. The molecule has 68 valence electrons. The SMILES string of the molecule is CNc1cc2sc(C(=O)O)cc2s1. The van der Waals surface area contributed by atoms with E-state index in [0.29, 0.717) is 4.88 Å². The fraction of sp³-hybridized carbons (Fsp3) is 0.125. The van der Waals surface area contributed by atoms with Crippen LogP contribution < -0.4 is 5.32 Å². The van der Waals surface area contributed by atoms with Gasteiger partial charge in [0.05, 0.1) is 5.00 Å². The average molecular weight is 213 g/mol. The van der Waals surface area contributed by atoms with E-state index in [0.717, 1.165) is 14.4 Å². The zero-order valence-electron chi connectivity index (χ0n) is 6.83. The number of fused-ring (bicyclic) bond motifs is 1. The summed E-state index contributed by atoms with van der Waals surface area (Å²) in [5.41, 5.74) is 0. The molecule has 0 fully saturated rings. The standard InChI is InChI=1S/C8H7NO2S2/c1-9-7-3-5-4(13-7)2-6(12-5)8(10)11/h2-3,9H,1H3,(H,10,11). The molecular formula is C8H7NO2S2. The highest BCUT2D eigenvalue weighted by atomic mass is 32.1. The molecule has 2 aromatic rings. The first-order valence-electron chi connectivity index (χ1n) is 3.65. The predicted octanol–water partition coefficient (Wildman–Crippen LogP) is 2.70. The highest BCUT2D eigenvalue weighted by Crippen LogP contribution is 2.35. The summed E-state index contributed by atoms with van der Waals surface area (Å²) in [7, 11) is 1.85. The molecule has 0 aliphatic rings. The molecule has 2 rings (SSSR count). The Morgan fingerprint density at radius 3 is 2.62 bits per heavy atom. The number of carboxylic acid groups (broad SMARTS) is 1. The Kier molecular flexibility index (Phi) is 1.97. The van der Waals surface area contributed by atoms with Gasteiger partial charge in [0.1, 0.15) is 4.88 Å².